The number of nitrogens with zero attached hydrogens (tertiary/aromatic N) is 3. The number of fused-ring (bicyclic) bond motifs is 1. The van der Waals surface area contributed by atoms with Crippen LogP contribution in [0.3, 0.4) is 0 Å². The number of carbonyl (C=O) groups excluding carboxylic acids is 1. The number of amides is 1. The number of aryl methyl sites for hydroxylation is 2. The Bertz CT molecular complexity index is 1060. The van der Waals surface area contributed by atoms with Crippen molar-refractivity contribution in [1.29, 1.82) is 0 Å². The maximum Gasteiger partial charge on any atom is 0.273 e. The van der Waals surface area contributed by atoms with Crippen LogP contribution >= 0.6 is 11.3 Å². The van der Waals surface area contributed by atoms with Crippen LogP contribution in [0, 0.1) is 6.92 Å². The van der Waals surface area contributed by atoms with Crippen molar-refractivity contribution >= 4 is 33.1 Å². The van der Waals surface area contributed by atoms with Gasteiger partial charge in [-0.05, 0) is 55.0 Å². The zero-order valence-corrected chi connectivity index (χ0v) is 14.7. The van der Waals surface area contributed by atoms with Crippen LogP contribution in [0.1, 0.15) is 16.1 Å². The predicted octanol–water partition coefficient (Wildman–Crippen LogP) is 4.26. The van der Waals surface area contributed by atoms with Crippen LogP contribution in [0.15, 0.2) is 54.7 Å². The van der Waals surface area contributed by atoms with Crippen molar-refractivity contribution in [2.24, 2.45) is 7.05 Å². The van der Waals surface area contributed by atoms with E-state index in [-0.39, 0.29) is 5.91 Å². The molecule has 0 radical (unpaired) electrons. The Kier molecular flexibility index (Phi) is 3.82. The zero-order valence-electron chi connectivity index (χ0n) is 13.9. The van der Waals surface area contributed by atoms with Gasteiger partial charge in [0.05, 0.1) is 10.2 Å². The third kappa shape index (κ3) is 3.04. The number of nitrogens with one attached hydrogen (secondary N) is 1. The van der Waals surface area contributed by atoms with Crippen molar-refractivity contribution in [3.05, 3.63) is 66.0 Å². The van der Waals surface area contributed by atoms with Crippen molar-refractivity contribution in [2.75, 3.05) is 5.32 Å². The van der Waals surface area contributed by atoms with E-state index in [1.54, 1.807) is 35.3 Å². The normalized spacial score (nSPS) is 11.0. The highest BCUT2D eigenvalue weighted by Crippen LogP contribution is 2.31. The Morgan fingerprint density at radius 2 is 1.92 bits per heavy atom. The first-order valence-electron chi connectivity index (χ1n) is 7.87. The monoisotopic (exact) mass is 348 g/mol. The van der Waals surface area contributed by atoms with Gasteiger partial charge in [0.15, 0.2) is 0 Å². The lowest BCUT2D eigenvalue weighted by Gasteiger charge is -2.06. The molecule has 0 atom stereocenters. The molecule has 0 saturated carbocycles. The molecular weight excluding hydrogens is 332 g/mol. The zero-order chi connectivity index (χ0) is 17.4. The van der Waals surface area contributed by atoms with E-state index in [0.717, 1.165) is 21.8 Å². The van der Waals surface area contributed by atoms with Crippen LogP contribution in [0.25, 0.3) is 20.8 Å². The van der Waals surface area contributed by atoms with Crippen LogP contribution < -0.4 is 5.32 Å². The molecule has 4 rings (SSSR count). The third-order valence-electron chi connectivity index (χ3n) is 3.99. The SMILES string of the molecule is Cc1ccc2nc(-c3ccc(NC(=O)c4ccnn4C)cc3)sc2c1. The predicted molar refractivity (Wildman–Crippen MR) is 101 cm³/mol. The highest BCUT2D eigenvalue weighted by atomic mass is 32.1. The Balaban J connectivity index is 1.57. The molecule has 1 amide bonds. The molecule has 2 aromatic heterocycles. The molecule has 0 fully saturated rings. The van der Waals surface area contributed by atoms with E-state index >= 15 is 0 Å². The van der Waals surface area contributed by atoms with Gasteiger partial charge >= 0.3 is 0 Å². The Morgan fingerprint density at radius 3 is 2.64 bits per heavy atom. The minimum atomic E-state index is -0.178. The number of hydrogen-bond donors (Lipinski definition) is 1. The van der Waals surface area contributed by atoms with Crippen molar-refractivity contribution in [3.8, 4) is 10.6 Å². The molecule has 0 bridgehead atoms. The standard InChI is InChI=1S/C19H16N4OS/c1-12-3-8-15-17(11-12)25-19(22-15)13-4-6-14(7-5-13)21-18(24)16-9-10-20-23(16)2/h3-11H,1-2H3,(H,21,24). The highest BCUT2D eigenvalue weighted by Gasteiger charge is 2.11. The van der Waals surface area contributed by atoms with Gasteiger partial charge in [0.2, 0.25) is 0 Å². The summed E-state index contributed by atoms with van der Waals surface area (Å²) < 4.78 is 2.73. The van der Waals surface area contributed by atoms with E-state index in [2.05, 4.69) is 34.5 Å². The average molecular weight is 348 g/mol. The number of aromatic nitrogens is 3. The second kappa shape index (κ2) is 6.14. The maximum atomic E-state index is 12.2. The van der Waals surface area contributed by atoms with Gasteiger partial charge in [0.1, 0.15) is 10.7 Å². The Labute approximate surface area is 149 Å². The molecule has 5 nitrogen and oxygen atoms in total. The van der Waals surface area contributed by atoms with Gasteiger partial charge in [0.25, 0.3) is 5.91 Å². The van der Waals surface area contributed by atoms with E-state index < -0.39 is 0 Å². The molecule has 2 aromatic carbocycles. The molecule has 0 aliphatic heterocycles. The van der Waals surface area contributed by atoms with Crippen LogP contribution in [0.2, 0.25) is 0 Å². The largest absolute Gasteiger partial charge is 0.321 e. The number of hydrogen-bond acceptors (Lipinski definition) is 4. The maximum absolute atomic E-state index is 12.2. The summed E-state index contributed by atoms with van der Waals surface area (Å²) >= 11 is 1.67. The Morgan fingerprint density at radius 1 is 1.12 bits per heavy atom. The number of rotatable bonds is 3. The first-order valence-corrected chi connectivity index (χ1v) is 8.69. The van der Waals surface area contributed by atoms with Crippen LogP contribution in [0.4, 0.5) is 5.69 Å². The molecule has 4 aromatic rings. The summed E-state index contributed by atoms with van der Waals surface area (Å²) in [4.78, 5) is 16.9. The van der Waals surface area contributed by atoms with Gasteiger partial charge in [-0.1, -0.05) is 6.07 Å². The van der Waals surface area contributed by atoms with Crippen molar-refractivity contribution in [3.63, 3.8) is 0 Å². The topological polar surface area (TPSA) is 59.8 Å². The lowest BCUT2D eigenvalue weighted by Crippen LogP contribution is -2.15. The van der Waals surface area contributed by atoms with Gasteiger partial charge in [0, 0.05) is 24.5 Å². The van der Waals surface area contributed by atoms with Gasteiger partial charge in [-0.25, -0.2) is 4.98 Å². The molecule has 0 unspecified atom stereocenters. The summed E-state index contributed by atoms with van der Waals surface area (Å²) in [6.07, 6.45) is 1.60. The third-order valence-corrected chi connectivity index (χ3v) is 5.05. The first-order chi connectivity index (χ1) is 12.1. The highest BCUT2D eigenvalue weighted by molar-refractivity contribution is 7.21. The molecule has 0 aliphatic rings. The summed E-state index contributed by atoms with van der Waals surface area (Å²) in [7, 11) is 1.74. The number of thiazole rings is 1. The molecule has 0 aliphatic carbocycles. The molecule has 2 heterocycles. The van der Waals surface area contributed by atoms with E-state index in [4.69, 9.17) is 0 Å². The molecule has 124 valence electrons. The summed E-state index contributed by atoms with van der Waals surface area (Å²) in [5.41, 5.74) is 4.55. The summed E-state index contributed by atoms with van der Waals surface area (Å²) in [6, 6.07) is 15.7. The fourth-order valence-electron chi connectivity index (χ4n) is 2.64. The second-order valence-electron chi connectivity index (χ2n) is 5.86. The van der Waals surface area contributed by atoms with E-state index in [1.165, 1.54) is 10.3 Å². The number of carbonyl (C=O) groups is 1. The number of anilines is 1. The molecular formula is C19H16N4OS. The first kappa shape index (κ1) is 15.5. The number of benzene rings is 2. The van der Waals surface area contributed by atoms with Crippen molar-refractivity contribution in [2.45, 2.75) is 6.92 Å². The van der Waals surface area contributed by atoms with Gasteiger partial charge < -0.3 is 5.32 Å². The fourth-order valence-corrected chi connectivity index (χ4v) is 3.71. The molecule has 0 saturated heterocycles. The Hall–Kier alpha value is -2.99. The minimum Gasteiger partial charge on any atom is -0.321 e. The lowest BCUT2D eigenvalue weighted by atomic mass is 10.2. The molecule has 25 heavy (non-hydrogen) atoms. The fraction of sp³-hybridized carbons (Fsp3) is 0.105. The van der Waals surface area contributed by atoms with Crippen molar-refractivity contribution in [1.82, 2.24) is 14.8 Å². The van der Waals surface area contributed by atoms with Crippen LogP contribution in [-0.4, -0.2) is 20.7 Å². The minimum absolute atomic E-state index is 0.178. The van der Waals surface area contributed by atoms with Crippen molar-refractivity contribution < 1.29 is 4.79 Å². The molecule has 0 spiro atoms. The smallest absolute Gasteiger partial charge is 0.273 e. The van der Waals surface area contributed by atoms with Crippen LogP contribution in [-0.2, 0) is 7.05 Å². The van der Waals surface area contributed by atoms with Gasteiger partial charge in [-0.15, -0.1) is 11.3 Å². The molecule has 1 N–H and O–H groups in total. The van der Waals surface area contributed by atoms with E-state index in [1.807, 2.05) is 30.3 Å². The van der Waals surface area contributed by atoms with Gasteiger partial charge in [-0.2, -0.15) is 5.10 Å². The summed E-state index contributed by atoms with van der Waals surface area (Å²) in [6.45, 7) is 2.08. The summed E-state index contributed by atoms with van der Waals surface area (Å²) in [5, 5.41) is 7.87. The van der Waals surface area contributed by atoms with Crippen LogP contribution in [0.5, 0.6) is 0 Å². The summed E-state index contributed by atoms with van der Waals surface area (Å²) in [5.74, 6) is -0.178. The van der Waals surface area contributed by atoms with E-state index in [0.29, 0.717) is 5.69 Å². The quantitative estimate of drug-likeness (QED) is 0.602. The van der Waals surface area contributed by atoms with E-state index in [9.17, 15) is 4.79 Å². The molecule has 6 heteroatoms. The lowest BCUT2D eigenvalue weighted by molar-refractivity contribution is 0.101. The van der Waals surface area contributed by atoms with Gasteiger partial charge in [-0.3, -0.25) is 9.48 Å². The second-order valence-corrected chi connectivity index (χ2v) is 6.89. The average Bonchev–Trinajstić information content (AvgIpc) is 3.21.